The molecule has 0 aliphatic heterocycles. The summed E-state index contributed by atoms with van der Waals surface area (Å²) in [6.07, 6.45) is 2.20. The number of pyridine rings is 1. The van der Waals surface area contributed by atoms with E-state index in [1.165, 1.54) is 12.1 Å². The number of anilines is 1. The van der Waals surface area contributed by atoms with Gasteiger partial charge in [0.15, 0.2) is 11.5 Å². The van der Waals surface area contributed by atoms with Crippen LogP contribution in [0.5, 0.6) is 11.5 Å². The van der Waals surface area contributed by atoms with Crippen molar-refractivity contribution < 1.29 is 19.7 Å². The summed E-state index contributed by atoms with van der Waals surface area (Å²) in [6, 6.07) is 4.82. The number of hydrazone groups is 1. The second-order valence-electron chi connectivity index (χ2n) is 4.60. The Hall–Kier alpha value is -3.76. The summed E-state index contributed by atoms with van der Waals surface area (Å²) in [5, 5.41) is 35.4. The summed E-state index contributed by atoms with van der Waals surface area (Å²) < 4.78 is 5.16. The summed E-state index contributed by atoms with van der Waals surface area (Å²) in [5.74, 6) is -0.113. The van der Waals surface area contributed by atoms with Crippen LogP contribution in [-0.2, 0) is 0 Å². The third-order valence-electron chi connectivity index (χ3n) is 2.94. The van der Waals surface area contributed by atoms with Crippen LogP contribution in [0, 0.1) is 20.2 Å². The minimum absolute atomic E-state index is 0.0355. The fraction of sp³-hybridized carbons (Fsp3) is 0.143. The quantitative estimate of drug-likeness (QED) is 0.440. The summed E-state index contributed by atoms with van der Waals surface area (Å²) in [4.78, 5) is 24.1. The highest BCUT2D eigenvalue weighted by Gasteiger charge is 2.16. The molecule has 1 aromatic carbocycles. The number of nitro benzene ring substituents is 1. The zero-order valence-corrected chi connectivity index (χ0v) is 12.9. The van der Waals surface area contributed by atoms with Gasteiger partial charge >= 0.3 is 0 Å². The lowest BCUT2D eigenvalue weighted by Crippen LogP contribution is -1.99. The topological polar surface area (TPSA) is 153 Å². The number of hydrogen-bond acceptors (Lipinski definition) is 9. The van der Waals surface area contributed by atoms with Gasteiger partial charge in [0, 0.05) is 17.7 Å². The molecule has 2 aromatic rings. The SMILES string of the molecule is CCOc1cc([N+](=O)[O-])cc(/C=N/Nc2ccc([N+](=O)[O-])cn2)c1O. The number of aromatic nitrogens is 1. The molecule has 0 amide bonds. The molecule has 0 fully saturated rings. The molecule has 1 aromatic heterocycles. The average molecular weight is 347 g/mol. The van der Waals surface area contributed by atoms with Crippen LogP contribution < -0.4 is 10.2 Å². The van der Waals surface area contributed by atoms with E-state index >= 15 is 0 Å². The average Bonchev–Trinajstić information content (AvgIpc) is 2.58. The molecule has 1 heterocycles. The van der Waals surface area contributed by atoms with Crippen molar-refractivity contribution in [1.82, 2.24) is 4.98 Å². The number of nitrogens with one attached hydrogen (secondary N) is 1. The zero-order valence-electron chi connectivity index (χ0n) is 12.9. The van der Waals surface area contributed by atoms with E-state index in [4.69, 9.17) is 4.74 Å². The number of phenolic OH excluding ortho intramolecular Hbond substituents is 1. The lowest BCUT2D eigenvalue weighted by molar-refractivity contribution is -0.385. The Morgan fingerprint density at radius 1 is 1.28 bits per heavy atom. The molecule has 11 nitrogen and oxygen atoms in total. The number of aromatic hydroxyl groups is 1. The summed E-state index contributed by atoms with van der Waals surface area (Å²) >= 11 is 0. The number of nitrogens with zero attached hydrogens (tertiary/aromatic N) is 4. The normalized spacial score (nSPS) is 10.6. The highest BCUT2D eigenvalue weighted by molar-refractivity contribution is 5.86. The van der Waals surface area contributed by atoms with Crippen molar-refractivity contribution in [2.45, 2.75) is 6.92 Å². The fourth-order valence-corrected chi connectivity index (χ4v) is 1.81. The van der Waals surface area contributed by atoms with E-state index in [9.17, 15) is 25.3 Å². The third-order valence-corrected chi connectivity index (χ3v) is 2.94. The van der Waals surface area contributed by atoms with Crippen molar-refractivity contribution in [3.63, 3.8) is 0 Å². The molecule has 0 aliphatic rings. The Kier molecular flexibility index (Phi) is 5.40. The van der Waals surface area contributed by atoms with E-state index in [0.717, 1.165) is 24.5 Å². The predicted octanol–water partition coefficient (Wildman–Crippen LogP) is 2.45. The van der Waals surface area contributed by atoms with Gasteiger partial charge in [0.2, 0.25) is 0 Å². The third kappa shape index (κ3) is 4.37. The van der Waals surface area contributed by atoms with Crippen LogP contribution in [0.1, 0.15) is 12.5 Å². The summed E-state index contributed by atoms with van der Waals surface area (Å²) in [7, 11) is 0. The van der Waals surface area contributed by atoms with Crippen molar-refractivity contribution in [2.24, 2.45) is 5.10 Å². The highest BCUT2D eigenvalue weighted by Crippen LogP contribution is 2.33. The number of rotatable bonds is 7. The number of ether oxygens (including phenoxy) is 1. The lowest BCUT2D eigenvalue weighted by atomic mass is 10.1. The first-order valence-electron chi connectivity index (χ1n) is 6.96. The molecule has 0 radical (unpaired) electrons. The molecule has 0 saturated carbocycles. The Morgan fingerprint density at radius 3 is 2.56 bits per heavy atom. The first-order chi connectivity index (χ1) is 11.9. The van der Waals surface area contributed by atoms with Gasteiger partial charge in [0.05, 0.1) is 28.7 Å². The van der Waals surface area contributed by atoms with E-state index in [-0.39, 0.29) is 40.9 Å². The van der Waals surface area contributed by atoms with Gasteiger partial charge in [-0.1, -0.05) is 0 Å². The number of non-ortho nitro benzene ring substituents is 1. The molecule has 0 aliphatic carbocycles. The Morgan fingerprint density at radius 2 is 2.00 bits per heavy atom. The first-order valence-corrected chi connectivity index (χ1v) is 6.96. The second-order valence-corrected chi connectivity index (χ2v) is 4.60. The van der Waals surface area contributed by atoms with E-state index in [2.05, 4.69) is 15.5 Å². The maximum Gasteiger partial charge on any atom is 0.287 e. The van der Waals surface area contributed by atoms with Crippen LogP contribution in [0.3, 0.4) is 0 Å². The standard InChI is InChI=1S/C14H13N5O6/c1-2-25-12-6-11(19(23)24)5-9(14(12)20)7-16-17-13-4-3-10(8-15-13)18(21)22/h3-8,20H,2H2,1H3,(H,15,17)/b16-7+. The minimum Gasteiger partial charge on any atom is -0.504 e. The number of phenols is 1. The highest BCUT2D eigenvalue weighted by atomic mass is 16.6. The first kappa shape index (κ1) is 17.6. The van der Waals surface area contributed by atoms with Gasteiger partial charge in [0.1, 0.15) is 12.0 Å². The van der Waals surface area contributed by atoms with Crippen molar-refractivity contribution in [3.8, 4) is 11.5 Å². The molecule has 0 spiro atoms. The van der Waals surface area contributed by atoms with E-state index in [1.807, 2.05) is 0 Å². The van der Waals surface area contributed by atoms with Crippen LogP contribution in [0.25, 0.3) is 0 Å². The van der Waals surface area contributed by atoms with Gasteiger partial charge in [-0.2, -0.15) is 5.10 Å². The lowest BCUT2D eigenvalue weighted by Gasteiger charge is -2.07. The molecule has 0 bridgehead atoms. The summed E-state index contributed by atoms with van der Waals surface area (Å²) in [5.41, 5.74) is 2.12. The van der Waals surface area contributed by atoms with E-state index in [1.54, 1.807) is 6.92 Å². The Bertz CT molecular complexity index is 821. The van der Waals surface area contributed by atoms with Crippen LogP contribution in [0.15, 0.2) is 35.6 Å². The van der Waals surface area contributed by atoms with Gasteiger partial charge in [-0.05, 0) is 13.0 Å². The predicted molar refractivity (Wildman–Crippen MR) is 88.0 cm³/mol. The molecule has 2 rings (SSSR count). The molecular formula is C14H13N5O6. The molecule has 0 saturated heterocycles. The van der Waals surface area contributed by atoms with Crippen molar-refractivity contribution >= 4 is 23.4 Å². The van der Waals surface area contributed by atoms with E-state index in [0.29, 0.717) is 0 Å². The van der Waals surface area contributed by atoms with Gasteiger partial charge < -0.3 is 9.84 Å². The van der Waals surface area contributed by atoms with Crippen molar-refractivity contribution in [1.29, 1.82) is 0 Å². The van der Waals surface area contributed by atoms with Crippen LogP contribution >= 0.6 is 0 Å². The molecule has 2 N–H and O–H groups in total. The smallest absolute Gasteiger partial charge is 0.287 e. The van der Waals surface area contributed by atoms with Gasteiger partial charge in [-0.25, -0.2) is 4.98 Å². The van der Waals surface area contributed by atoms with Crippen LogP contribution in [-0.4, -0.2) is 32.8 Å². The maximum atomic E-state index is 10.9. The second kappa shape index (κ2) is 7.68. The van der Waals surface area contributed by atoms with Crippen LogP contribution in [0.4, 0.5) is 17.2 Å². The van der Waals surface area contributed by atoms with Crippen molar-refractivity contribution in [3.05, 3.63) is 56.3 Å². The molecule has 0 atom stereocenters. The summed E-state index contributed by atoms with van der Waals surface area (Å²) in [6.45, 7) is 1.89. The molecule has 130 valence electrons. The number of nitro groups is 2. The number of benzene rings is 1. The van der Waals surface area contributed by atoms with Gasteiger partial charge in [-0.3, -0.25) is 25.7 Å². The fourth-order valence-electron chi connectivity index (χ4n) is 1.81. The largest absolute Gasteiger partial charge is 0.504 e. The number of hydrogen-bond donors (Lipinski definition) is 2. The zero-order chi connectivity index (χ0) is 18.4. The van der Waals surface area contributed by atoms with Gasteiger partial charge in [-0.15, -0.1) is 0 Å². The van der Waals surface area contributed by atoms with Crippen LogP contribution in [0.2, 0.25) is 0 Å². The Balaban J connectivity index is 2.21. The molecule has 11 heteroatoms. The van der Waals surface area contributed by atoms with Gasteiger partial charge in [0.25, 0.3) is 11.4 Å². The Labute approximate surface area is 140 Å². The molecule has 25 heavy (non-hydrogen) atoms. The molecule has 0 unspecified atom stereocenters. The molecular weight excluding hydrogens is 334 g/mol. The monoisotopic (exact) mass is 347 g/mol. The minimum atomic E-state index is -0.620. The maximum absolute atomic E-state index is 10.9. The van der Waals surface area contributed by atoms with Crippen molar-refractivity contribution in [2.75, 3.05) is 12.0 Å². The van der Waals surface area contributed by atoms with E-state index < -0.39 is 9.85 Å².